The van der Waals surface area contributed by atoms with E-state index in [4.69, 9.17) is 5.73 Å². The van der Waals surface area contributed by atoms with Crippen molar-refractivity contribution in [1.82, 2.24) is 0 Å². The van der Waals surface area contributed by atoms with Crippen LogP contribution in [0.4, 0.5) is 0 Å². The molecule has 1 aliphatic carbocycles. The van der Waals surface area contributed by atoms with Crippen LogP contribution in [0.3, 0.4) is 0 Å². The largest absolute Gasteiger partial charge is 0.326 e. The lowest BCUT2D eigenvalue weighted by molar-refractivity contribution is 0.537. The molecule has 0 spiro atoms. The van der Waals surface area contributed by atoms with E-state index >= 15 is 0 Å². The van der Waals surface area contributed by atoms with Gasteiger partial charge >= 0.3 is 0 Å². The van der Waals surface area contributed by atoms with Gasteiger partial charge in [-0.25, -0.2) is 0 Å². The fourth-order valence-corrected chi connectivity index (χ4v) is 3.22. The van der Waals surface area contributed by atoms with Crippen LogP contribution in [0, 0.1) is 5.92 Å². The Bertz CT molecular complexity index is 325. The number of allylic oxidation sites excluding steroid dienone is 2. The second kappa shape index (κ2) is 10.2. The zero-order valence-electron chi connectivity index (χ0n) is 14.0. The molecule has 0 bridgehead atoms. The van der Waals surface area contributed by atoms with E-state index in [2.05, 4.69) is 26.8 Å². The Balaban J connectivity index is 2.04. The molecule has 20 heavy (non-hydrogen) atoms. The minimum absolute atomic E-state index is 0.679. The van der Waals surface area contributed by atoms with Crippen molar-refractivity contribution >= 4 is 0 Å². The third-order valence-electron chi connectivity index (χ3n) is 4.87. The normalized spacial score (nSPS) is 18.8. The van der Waals surface area contributed by atoms with Crippen molar-refractivity contribution in [3.63, 3.8) is 0 Å². The van der Waals surface area contributed by atoms with Crippen LogP contribution >= 0.6 is 0 Å². The van der Waals surface area contributed by atoms with Gasteiger partial charge in [0.05, 0.1) is 0 Å². The van der Waals surface area contributed by atoms with Gasteiger partial charge in [0.1, 0.15) is 0 Å². The Hall–Kier alpha value is -0.560. The topological polar surface area (TPSA) is 26.0 Å². The summed E-state index contributed by atoms with van der Waals surface area (Å²) < 4.78 is 0. The van der Waals surface area contributed by atoms with E-state index in [9.17, 15) is 0 Å². The highest BCUT2D eigenvalue weighted by Crippen LogP contribution is 2.33. The lowest BCUT2D eigenvalue weighted by atomic mass is 9.95. The maximum Gasteiger partial charge on any atom is 0.0177 e. The first-order valence-electron chi connectivity index (χ1n) is 8.79. The molecule has 1 nitrogen and oxygen atoms in total. The molecule has 0 saturated heterocycles. The second-order valence-electron chi connectivity index (χ2n) is 6.43. The molecule has 0 amide bonds. The lowest BCUT2D eigenvalue weighted by Gasteiger charge is -2.10. The standard InChI is InChI=1S/C19H35N/c1-4-5-6-7-8-9-10-11-12-13-18-14-19(15-20)17(3)16(18)2/h14,18H,4-13,15,20H2,1-3H3. The molecule has 116 valence electrons. The zero-order chi connectivity index (χ0) is 14.8. The average Bonchev–Trinajstić information content (AvgIpc) is 2.73. The summed E-state index contributed by atoms with van der Waals surface area (Å²) in [6, 6.07) is 0. The summed E-state index contributed by atoms with van der Waals surface area (Å²) in [4.78, 5) is 0. The molecule has 0 saturated carbocycles. The van der Waals surface area contributed by atoms with Crippen molar-refractivity contribution in [2.24, 2.45) is 11.7 Å². The summed E-state index contributed by atoms with van der Waals surface area (Å²) in [6.45, 7) is 7.50. The van der Waals surface area contributed by atoms with Gasteiger partial charge in [-0.3, -0.25) is 0 Å². The van der Waals surface area contributed by atoms with Crippen LogP contribution < -0.4 is 5.73 Å². The molecule has 0 aromatic carbocycles. The first-order valence-corrected chi connectivity index (χ1v) is 8.79. The number of hydrogen-bond donors (Lipinski definition) is 1. The minimum atomic E-state index is 0.679. The highest BCUT2D eigenvalue weighted by Gasteiger charge is 2.19. The summed E-state index contributed by atoms with van der Waals surface area (Å²) in [5.41, 5.74) is 10.2. The zero-order valence-corrected chi connectivity index (χ0v) is 14.0. The van der Waals surface area contributed by atoms with Gasteiger partial charge in [-0.2, -0.15) is 0 Å². The Kier molecular flexibility index (Phi) is 8.93. The molecular formula is C19H35N. The molecule has 0 radical (unpaired) electrons. The fourth-order valence-electron chi connectivity index (χ4n) is 3.22. The van der Waals surface area contributed by atoms with Crippen molar-refractivity contribution in [3.05, 3.63) is 22.8 Å². The Morgan fingerprint density at radius 1 is 0.900 bits per heavy atom. The second-order valence-corrected chi connectivity index (χ2v) is 6.43. The summed E-state index contributed by atoms with van der Waals surface area (Å²) in [5, 5.41) is 0. The summed E-state index contributed by atoms with van der Waals surface area (Å²) in [6.07, 6.45) is 16.5. The van der Waals surface area contributed by atoms with E-state index in [0.717, 1.165) is 0 Å². The molecule has 1 rings (SSSR count). The average molecular weight is 277 g/mol. The summed E-state index contributed by atoms with van der Waals surface area (Å²) in [5.74, 6) is 0.679. The molecule has 1 heteroatoms. The van der Waals surface area contributed by atoms with Crippen LogP contribution in [0.15, 0.2) is 22.8 Å². The molecule has 1 atom stereocenters. The molecule has 0 aliphatic heterocycles. The molecule has 1 aliphatic rings. The van der Waals surface area contributed by atoms with Crippen molar-refractivity contribution in [2.45, 2.75) is 85.0 Å². The lowest BCUT2D eigenvalue weighted by Crippen LogP contribution is -2.02. The summed E-state index contributed by atoms with van der Waals surface area (Å²) >= 11 is 0. The third kappa shape index (κ3) is 5.83. The van der Waals surface area contributed by atoms with Crippen molar-refractivity contribution < 1.29 is 0 Å². The van der Waals surface area contributed by atoms with Gasteiger partial charge in [0.25, 0.3) is 0 Å². The quantitative estimate of drug-likeness (QED) is 0.477. The van der Waals surface area contributed by atoms with Gasteiger partial charge in [-0.15, -0.1) is 0 Å². The van der Waals surface area contributed by atoms with E-state index in [1.54, 1.807) is 5.57 Å². The molecule has 0 aromatic heterocycles. The minimum Gasteiger partial charge on any atom is -0.326 e. The first-order chi connectivity index (χ1) is 9.70. The highest BCUT2D eigenvalue weighted by atomic mass is 14.5. The van der Waals surface area contributed by atoms with Crippen LogP contribution in [-0.4, -0.2) is 6.54 Å². The predicted octanol–water partition coefficient (Wildman–Crippen LogP) is 5.76. The van der Waals surface area contributed by atoms with Gasteiger partial charge in [-0.1, -0.05) is 76.4 Å². The van der Waals surface area contributed by atoms with Gasteiger partial charge in [0, 0.05) is 6.54 Å². The molecular weight excluding hydrogens is 242 g/mol. The van der Waals surface area contributed by atoms with Gasteiger partial charge in [0.15, 0.2) is 0 Å². The maximum atomic E-state index is 5.79. The van der Waals surface area contributed by atoms with E-state index in [1.165, 1.54) is 75.4 Å². The van der Waals surface area contributed by atoms with Crippen LogP contribution in [0.2, 0.25) is 0 Å². The number of rotatable bonds is 11. The number of unbranched alkanes of at least 4 members (excludes halogenated alkanes) is 8. The van der Waals surface area contributed by atoms with E-state index in [1.807, 2.05) is 0 Å². The van der Waals surface area contributed by atoms with Crippen LogP contribution in [0.5, 0.6) is 0 Å². The molecule has 0 heterocycles. The monoisotopic (exact) mass is 277 g/mol. The third-order valence-corrected chi connectivity index (χ3v) is 4.87. The first kappa shape index (κ1) is 17.5. The van der Waals surface area contributed by atoms with Gasteiger partial charge in [0.2, 0.25) is 0 Å². The van der Waals surface area contributed by atoms with Crippen molar-refractivity contribution in [3.8, 4) is 0 Å². The van der Waals surface area contributed by atoms with Crippen molar-refractivity contribution in [1.29, 1.82) is 0 Å². The van der Waals surface area contributed by atoms with Gasteiger partial charge < -0.3 is 5.73 Å². The Labute approximate surface area is 126 Å². The van der Waals surface area contributed by atoms with E-state index < -0.39 is 0 Å². The fraction of sp³-hybridized carbons (Fsp3) is 0.789. The molecule has 0 aromatic rings. The van der Waals surface area contributed by atoms with Crippen molar-refractivity contribution in [2.75, 3.05) is 6.54 Å². The van der Waals surface area contributed by atoms with E-state index in [-0.39, 0.29) is 0 Å². The molecule has 1 unspecified atom stereocenters. The molecule has 2 N–H and O–H groups in total. The van der Waals surface area contributed by atoms with Gasteiger partial charge in [-0.05, 0) is 37.3 Å². The summed E-state index contributed by atoms with van der Waals surface area (Å²) in [7, 11) is 0. The van der Waals surface area contributed by atoms with Crippen LogP contribution in [-0.2, 0) is 0 Å². The maximum absolute atomic E-state index is 5.79. The van der Waals surface area contributed by atoms with Crippen LogP contribution in [0.1, 0.15) is 85.0 Å². The van der Waals surface area contributed by atoms with Crippen LogP contribution in [0.25, 0.3) is 0 Å². The SMILES string of the molecule is CCCCCCCCCCCC1C=C(CN)C(C)=C1C. The van der Waals surface area contributed by atoms with E-state index in [0.29, 0.717) is 12.5 Å². The predicted molar refractivity (Wildman–Crippen MR) is 90.8 cm³/mol. The number of nitrogens with two attached hydrogens (primary N) is 1. The highest BCUT2D eigenvalue weighted by molar-refractivity contribution is 5.43. The number of hydrogen-bond acceptors (Lipinski definition) is 1. The Morgan fingerprint density at radius 2 is 1.45 bits per heavy atom. The smallest absolute Gasteiger partial charge is 0.0177 e. The molecule has 0 fully saturated rings. The Morgan fingerprint density at radius 3 is 1.95 bits per heavy atom.